The Morgan fingerprint density at radius 2 is 1.65 bits per heavy atom. The highest BCUT2D eigenvalue weighted by atomic mass is 32.1. The number of thiazole rings is 1. The Bertz CT molecular complexity index is 1250. The number of carbonyl (C=O) groups excluding carboxylic acids is 4. The Morgan fingerprint density at radius 1 is 1.03 bits per heavy atom. The Labute approximate surface area is 195 Å². The van der Waals surface area contributed by atoms with Gasteiger partial charge in [-0.15, -0.1) is 0 Å². The minimum atomic E-state index is -1.15. The van der Waals surface area contributed by atoms with Crippen LogP contribution in [0, 0.1) is 0 Å². The van der Waals surface area contributed by atoms with Crippen molar-refractivity contribution in [2.75, 3.05) is 11.9 Å². The fourth-order valence-corrected chi connectivity index (χ4v) is 4.31. The maximum absolute atomic E-state index is 12.7. The first kappa shape index (κ1) is 25.0. The molecule has 1 amide bonds. The van der Waals surface area contributed by atoms with Gasteiger partial charge in [0, 0.05) is 27.7 Å². The summed E-state index contributed by atoms with van der Waals surface area (Å²) in [5.41, 5.74) is -0.663. The van der Waals surface area contributed by atoms with Gasteiger partial charge in [0.1, 0.15) is 23.5 Å². The normalized spacial score (nSPS) is 21.8. The summed E-state index contributed by atoms with van der Waals surface area (Å²) in [6.07, 6.45) is -4.30. The van der Waals surface area contributed by atoms with Crippen molar-refractivity contribution in [3.8, 4) is 0 Å². The molecule has 3 rings (SSSR count). The number of aromatic nitrogens is 3. The number of rotatable bonds is 7. The highest BCUT2D eigenvalue weighted by Crippen LogP contribution is 2.29. The third-order valence-corrected chi connectivity index (χ3v) is 5.61. The molecule has 0 spiro atoms. The molecular formula is C19H22N4O10S. The van der Waals surface area contributed by atoms with E-state index in [1.54, 1.807) is 0 Å². The predicted molar refractivity (Wildman–Crippen MR) is 115 cm³/mol. The van der Waals surface area contributed by atoms with Crippen LogP contribution in [0.1, 0.15) is 27.7 Å². The molecule has 0 unspecified atom stereocenters. The molecule has 14 nitrogen and oxygen atoms in total. The number of nitrogens with one attached hydrogen (secondary N) is 2. The van der Waals surface area contributed by atoms with E-state index in [4.69, 9.17) is 18.9 Å². The van der Waals surface area contributed by atoms with E-state index in [9.17, 15) is 28.8 Å². The average molecular weight is 498 g/mol. The highest BCUT2D eigenvalue weighted by molar-refractivity contribution is 7.16. The van der Waals surface area contributed by atoms with Gasteiger partial charge in [-0.05, 0) is 0 Å². The van der Waals surface area contributed by atoms with Gasteiger partial charge in [0.05, 0.1) is 6.54 Å². The lowest BCUT2D eigenvalue weighted by Crippen LogP contribution is -2.42. The largest absolute Gasteiger partial charge is 0.463 e. The molecule has 184 valence electrons. The first-order chi connectivity index (χ1) is 16.0. The van der Waals surface area contributed by atoms with Crippen molar-refractivity contribution in [1.29, 1.82) is 0 Å². The number of H-pyrrole nitrogens is 1. The number of carbonyl (C=O) groups is 4. The smallest absolute Gasteiger partial charge is 0.309 e. The van der Waals surface area contributed by atoms with Gasteiger partial charge >= 0.3 is 22.8 Å². The second kappa shape index (κ2) is 10.1. The van der Waals surface area contributed by atoms with E-state index in [1.165, 1.54) is 13.8 Å². The molecule has 2 N–H and O–H groups in total. The Kier molecular flexibility index (Phi) is 7.46. The molecule has 0 aromatic carbocycles. The monoisotopic (exact) mass is 498 g/mol. The average Bonchev–Trinajstić information content (AvgIpc) is 3.18. The van der Waals surface area contributed by atoms with E-state index >= 15 is 0 Å². The van der Waals surface area contributed by atoms with E-state index in [-0.39, 0.29) is 29.4 Å². The van der Waals surface area contributed by atoms with Crippen LogP contribution in [0.5, 0.6) is 0 Å². The third-order valence-electron chi connectivity index (χ3n) is 4.64. The zero-order valence-corrected chi connectivity index (χ0v) is 19.4. The second-order valence-electron chi connectivity index (χ2n) is 7.39. The summed E-state index contributed by atoms with van der Waals surface area (Å²) in [4.78, 5) is 77.0. The van der Waals surface area contributed by atoms with E-state index < -0.39 is 58.7 Å². The number of nitrogens with zero attached hydrogens (tertiary/aromatic N) is 2. The van der Waals surface area contributed by atoms with Crippen molar-refractivity contribution < 1.29 is 38.1 Å². The molecule has 0 aliphatic carbocycles. The third kappa shape index (κ3) is 5.66. The minimum absolute atomic E-state index is 0.00846. The molecule has 0 saturated carbocycles. The Hall–Kier alpha value is -3.59. The number of hydrogen-bond donors (Lipinski definition) is 2. The standard InChI is InChI=1S/C19H22N4O10S/c1-7(24)20-18-21-16-15(17(28)22-18)34-19(29)23(16)5-11-13(31-9(3)26)14(32-10(4)27)12(33-11)6-30-8(2)25/h11-14H,5-6H2,1-4H3,(H2,20,21,22,24,28)/t11-,12+,13-,14+/m0/s1. The number of fused-ring (bicyclic) bond motifs is 1. The van der Waals surface area contributed by atoms with Gasteiger partial charge in [-0.3, -0.25) is 43.6 Å². The van der Waals surface area contributed by atoms with Crippen LogP contribution in [0.25, 0.3) is 10.3 Å². The Morgan fingerprint density at radius 3 is 2.21 bits per heavy atom. The first-order valence-corrected chi connectivity index (χ1v) is 10.8. The lowest BCUT2D eigenvalue weighted by Gasteiger charge is -2.23. The van der Waals surface area contributed by atoms with Crippen LogP contribution >= 0.6 is 11.3 Å². The molecule has 0 radical (unpaired) electrons. The fraction of sp³-hybridized carbons (Fsp3) is 0.526. The summed E-state index contributed by atoms with van der Waals surface area (Å²) in [5.74, 6) is -2.64. The van der Waals surface area contributed by atoms with Crippen LogP contribution in [0.4, 0.5) is 5.95 Å². The SMILES string of the molecule is CC(=O)Nc1nc2c(sc(=O)n2C[C@@H]2O[C@H](COC(C)=O)[C@@H](OC(C)=O)[C@H]2OC(C)=O)c(=O)[nH]1. The van der Waals surface area contributed by atoms with Crippen LogP contribution in [-0.2, 0) is 44.7 Å². The van der Waals surface area contributed by atoms with Gasteiger partial charge in [-0.25, -0.2) is 0 Å². The van der Waals surface area contributed by atoms with Crippen molar-refractivity contribution in [1.82, 2.24) is 14.5 Å². The van der Waals surface area contributed by atoms with Crippen molar-refractivity contribution in [3.63, 3.8) is 0 Å². The number of aromatic amines is 1. The first-order valence-electron chi connectivity index (χ1n) is 10.0. The lowest BCUT2D eigenvalue weighted by molar-refractivity contribution is -0.165. The van der Waals surface area contributed by atoms with Crippen LogP contribution in [0.3, 0.4) is 0 Å². The molecule has 3 heterocycles. The molecule has 1 aliphatic heterocycles. The molecule has 0 bridgehead atoms. The van der Waals surface area contributed by atoms with Crippen LogP contribution < -0.4 is 15.7 Å². The maximum atomic E-state index is 12.7. The molecule has 1 aliphatic rings. The molecule has 1 saturated heterocycles. The second-order valence-corrected chi connectivity index (χ2v) is 8.35. The van der Waals surface area contributed by atoms with Gasteiger partial charge in [-0.2, -0.15) is 4.98 Å². The van der Waals surface area contributed by atoms with E-state index in [2.05, 4.69) is 15.3 Å². The van der Waals surface area contributed by atoms with Crippen molar-refractivity contribution in [2.45, 2.75) is 58.7 Å². The van der Waals surface area contributed by atoms with E-state index in [0.717, 1.165) is 18.4 Å². The van der Waals surface area contributed by atoms with E-state index in [0.29, 0.717) is 11.3 Å². The summed E-state index contributed by atoms with van der Waals surface area (Å²) in [7, 11) is 0. The molecule has 4 atom stereocenters. The molecule has 15 heteroatoms. The van der Waals surface area contributed by atoms with E-state index in [1.807, 2.05) is 0 Å². The summed E-state index contributed by atoms with van der Waals surface area (Å²) in [6.45, 7) is 4.15. The number of anilines is 1. The molecule has 34 heavy (non-hydrogen) atoms. The summed E-state index contributed by atoms with van der Waals surface area (Å²) >= 11 is 0.628. The quantitative estimate of drug-likeness (QED) is 0.363. The van der Waals surface area contributed by atoms with Crippen molar-refractivity contribution >= 4 is 51.4 Å². The Balaban J connectivity index is 2.01. The topological polar surface area (TPSA) is 185 Å². The van der Waals surface area contributed by atoms with Crippen molar-refractivity contribution in [2.24, 2.45) is 0 Å². The molecule has 2 aromatic heterocycles. The van der Waals surface area contributed by atoms with Gasteiger partial charge < -0.3 is 18.9 Å². The summed E-state index contributed by atoms with van der Waals surface area (Å²) in [6, 6.07) is 0. The van der Waals surface area contributed by atoms with Crippen LogP contribution in [0.2, 0.25) is 0 Å². The van der Waals surface area contributed by atoms with Crippen molar-refractivity contribution in [3.05, 3.63) is 20.0 Å². The van der Waals surface area contributed by atoms with Gasteiger partial charge in [0.2, 0.25) is 11.9 Å². The zero-order chi connectivity index (χ0) is 25.2. The highest BCUT2D eigenvalue weighted by Gasteiger charge is 2.50. The number of amides is 1. The van der Waals surface area contributed by atoms with Gasteiger partial charge in [0.15, 0.2) is 17.9 Å². The lowest BCUT2D eigenvalue weighted by atomic mass is 10.1. The number of ether oxygens (including phenoxy) is 4. The molecule has 2 aromatic rings. The van der Waals surface area contributed by atoms with Crippen LogP contribution in [-0.4, -0.2) is 69.4 Å². The minimum Gasteiger partial charge on any atom is -0.463 e. The maximum Gasteiger partial charge on any atom is 0.309 e. The van der Waals surface area contributed by atoms with Crippen LogP contribution in [0.15, 0.2) is 9.59 Å². The number of esters is 3. The predicted octanol–water partition coefficient (Wildman–Crippen LogP) is -0.701. The molecule has 1 fully saturated rings. The number of hydrogen-bond acceptors (Lipinski definition) is 12. The van der Waals surface area contributed by atoms with Gasteiger partial charge in [0.25, 0.3) is 5.56 Å². The summed E-state index contributed by atoms with van der Waals surface area (Å²) < 4.78 is 22.6. The van der Waals surface area contributed by atoms with Gasteiger partial charge in [-0.1, -0.05) is 11.3 Å². The molecular weight excluding hydrogens is 476 g/mol. The fourth-order valence-electron chi connectivity index (χ4n) is 3.47. The summed E-state index contributed by atoms with van der Waals surface area (Å²) in [5, 5.41) is 2.34. The zero-order valence-electron chi connectivity index (χ0n) is 18.6.